The summed E-state index contributed by atoms with van der Waals surface area (Å²) in [5.41, 5.74) is 0.458. The number of Topliss-reactive ketones (excluding diaryl/α,β-unsaturated/α-hetero) is 1. The van der Waals surface area contributed by atoms with Crippen molar-refractivity contribution in [3.63, 3.8) is 0 Å². The Bertz CT molecular complexity index is 428. The van der Waals surface area contributed by atoms with Crippen LogP contribution in [0.4, 0.5) is 0 Å². The summed E-state index contributed by atoms with van der Waals surface area (Å²) in [7, 11) is 0. The maximum Gasteiger partial charge on any atom is 0.164 e. The third kappa shape index (κ3) is 3.45. The van der Waals surface area contributed by atoms with Crippen molar-refractivity contribution in [3.8, 4) is 0 Å². The number of halogens is 2. The summed E-state index contributed by atoms with van der Waals surface area (Å²) >= 11 is 11.9. The van der Waals surface area contributed by atoms with Gasteiger partial charge < -0.3 is 9.47 Å². The number of rotatable bonds is 4. The molecule has 0 aliphatic carbocycles. The highest BCUT2D eigenvalue weighted by molar-refractivity contribution is 6.43. The molecule has 0 aromatic heterocycles. The first-order valence-corrected chi connectivity index (χ1v) is 6.64. The Kier molecular flexibility index (Phi) is 5.01. The topological polar surface area (TPSA) is 35.5 Å². The summed E-state index contributed by atoms with van der Waals surface area (Å²) in [5, 5.41) is 0.710. The van der Waals surface area contributed by atoms with E-state index in [1.54, 1.807) is 18.2 Å². The Morgan fingerprint density at radius 2 is 2.00 bits per heavy atom. The normalized spacial score (nSPS) is 16.8. The third-order valence-electron chi connectivity index (χ3n) is 2.76. The zero-order chi connectivity index (χ0) is 13.0. The molecule has 0 radical (unpaired) electrons. The van der Waals surface area contributed by atoms with E-state index in [9.17, 15) is 4.79 Å². The molecule has 1 saturated heterocycles. The molecule has 0 saturated carbocycles. The van der Waals surface area contributed by atoms with E-state index in [0.717, 1.165) is 6.42 Å². The van der Waals surface area contributed by atoms with Crippen LogP contribution >= 0.6 is 23.2 Å². The van der Waals surface area contributed by atoms with Crippen molar-refractivity contribution in [3.05, 3.63) is 33.8 Å². The smallest absolute Gasteiger partial charge is 0.164 e. The Hall–Kier alpha value is -0.610. The Labute approximate surface area is 116 Å². The van der Waals surface area contributed by atoms with Crippen molar-refractivity contribution in [1.82, 2.24) is 0 Å². The molecule has 1 aromatic carbocycles. The number of carbonyl (C=O) groups is 1. The lowest BCUT2D eigenvalue weighted by molar-refractivity contribution is -0.180. The van der Waals surface area contributed by atoms with Crippen molar-refractivity contribution in [2.45, 2.75) is 25.6 Å². The molecule has 0 bridgehead atoms. The quantitative estimate of drug-likeness (QED) is 0.792. The second-order valence-electron chi connectivity index (χ2n) is 4.09. The van der Waals surface area contributed by atoms with Crippen LogP contribution in [0.2, 0.25) is 10.0 Å². The highest BCUT2D eigenvalue weighted by atomic mass is 35.5. The molecular weight excluding hydrogens is 275 g/mol. The van der Waals surface area contributed by atoms with Gasteiger partial charge in [-0.15, -0.1) is 0 Å². The van der Waals surface area contributed by atoms with E-state index in [1.807, 2.05) is 0 Å². The van der Waals surface area contributed by atoms with Crippen LogP contribution in [-0.4, -0.2) is 25.3 Å². The molecule has 0 atom stereocenters. The van der Waals surface area contributed by atoms with Gasteiger partial charge in [0.25, 0.3) is 0 Å². The van der Waals surface area contributed by atoms with Gasteiger partial charge in [-0.2, -0.15) is 0 Å². The minimum atomic E-state index is -0.277. The summed E-state index contributed by atoms with van der Waals surface area (Å²) in [4.78, 5) is 12.0. The zero-order valence-electron chi connectivity index (χ0n) is 9.83. The van der Waals surface area contributed by atoms with E-state index in [-0.39, 0.29) is 12.1 Å². The number of benzene rings is 1. The molecule has 0 unspecified atom stereocenters. The van der Waals surface area contributed by atoms with E-state index >= 15 is 0 Å². The average molecular weight is 289 g/mol. The molecule has 1 aliphatic rings. The summed E-state index contributed by atoms with van der Waals surface area (Å²) in [6.45, 7) is 1.38. The zero-order valence-corrected chi connectivity index (χ0v) is 11.3. The van der Waals surface area contributed by atoms with E-state index in [4.69, 9.17) is 32.7 Å². The number of carbonyl (C=O) groups excluding carboxylic acids is 1. The predicted octanol–water partition coefficient (Wildman–Crippen LogP) is 3.72. The third-order valence-corrected chi connectivity index (χ3v) is 3.57. The van der Waals surface area contributed by atoms with Gasteiger partial charge in [0.05, 0.1) is 23.3 Å². The van der Waals surface area contributed by atoms with Crippen molar-refractivity contribution < 1.29 is 14.3 Å². The number of hydrogen-bond acceptors (Lipinski definition) is 3. The molecular formula is C13H14Cl2O3. The van der Waals surface area contributed by atoms with Crippen molar-refractivity contribution >= 4 is 29.0 Å². The molecule has 0 amide bonds. The molecule has 2 rings (SSSR count). The van der Waals surface area contributed by atoms with Gasteiger partial charge in [0.2, 0.25) is 0 Å². The Morgan fingerprint density at radius 3 is 2.72 bits per heavy atom. The van der Waals surface area contributed by atoms with Crippen LogP contribution in [0.25, 0.3) is 0 Å². The van der Waals surface area contributed by atoms with Crippen molar-refractivity contribution in [1.29, 1.82) is 0 Å². The molecule has 1 aromatic rings. The van der Waals surface area contributed by atoms with Crippen LogP contribution in [0.15, 0.2) is 18.2 Å². The van der Waals surface area contributed by atoms with Gasteiger partial charge in [-0.3, -0.25) is 4.79 Å². The van der Waals surface area contributed by atoms with Gasteiger partial charge in [-0.25, -0.2) is 0 Å². The number of ketones is 1. The maximum atomic E-state index is 12.0. The monoisotopic (exact) mass is 288 g/mol. The first kappa shape index (κ1) is 13.8. The molecule has 1 heterocycles. The van der Waals surface area contributed by atoms with Crippen molar-refractivity contribution in [2.75, 3.05) is 13.2 Å². The molecule has 0 spiro atoms. The van der Waals surface area contributed by atoms with E-state index in [2.05, 4.69) is 0 Å². The fraction of sp³-hybridized carbons (Fsp3) is 0.462. The first-order valence-electron chi connectivity index (χ1n) is 5.89. The lowest BCUT2D eigenvalue weighted by Gasteiger charge is -2.22. The van der Waals surface area contributed by atoms with E-state index in [0.29, 0.717) is 41.7 Å². The van der Waals surface area contributed by atoms with Crippen LogP contribution in [-0.2, 0) is 9.47 Å². The van der Waals surface area contributed by atoms with Gasteiger partial charge in [0, 0.05) is 18.4 Å². The highest BCUT2D eigenvalue weighted by Gasteiger charge is 2.18. The van der Waals surface area contributed by atoms with Gasteiger partial charge >= 0.3 is 0 Å². The number of hydrogen-bond donors (Lipinski definition) is 0. The molecule has 98 valence electrons. The summed E-state index contributed by atoms with van der Waals surface area (Å²) < 4.78 is 10.8. The van der Waals surface area contributed by atoms with Crippen LogP contribution < -0.4 is 0 Å². The SMILES string of the molecule is O=C(CCC1OCCCO1)c1cccc(Cl)c1Cl. The summed E-state index contributed by atoms with van der Waals surface area (Å²) in [5.74, 6) is -0.0414. The van der Waals surface area contributed by atoms with Crippen LogP contribution in [0.5, 0.6) is 0 Å². The first-order chi connectivity index (χ1) is 8.68. The Morgan fingerprint density at radius 1 is 1.28 bits per heavy atom. The fourth-order valence-electron chi connectivity index (χ4n) is 1.81. The minimum absolute atomic E-state index is 0.0414. The largest absolute Gasteiger partial charge is 0.353 e. The van der Waals surface area contributed by atoms with Gasteiger partial charge in [0.15, 0.2) is 12.1 Å². The van der Waals surface area contributed by atoms with Gasteiger partial charge in [0.1, 0.15) is 0 Å². The van der Waals surface area contributed by atoms with E-state index in [1.165, 1.54) is 0 Å². The fourth-order valence-corrected chi connectivity index (χ4v) is 2.21. The number of ether oxygens (including phenoxy) is 2. The average Bonchev–Trinajstić information content (AvgIpc) is 2.40. The molecule has 1 aliphatic heterocycles. The van der Waals surface area contributed by atoms with Crippen LogP contribution in [0.1, 0.15) is 29.6 Å². The molecule has 5 heteroatoms. The van der Waals surface area contributed by atoms with Gasteiger partial charge in [-0.1, -0.05) is 29.3 Å². The molecule has 0 N–H and O–H groups in total. The summed E-state index contributed by atoms with van der Waals surface area (Å²) in [6.07, 6.45) is 1.51. The van der Waals surface area contributed by atoms with E-state index < -0.39 is 0 Å². The maximum absolute atomic E-state index is 12.0. The van der Waals surface area contributed by atoms with Crippen LogP contribution in [0.3, 0.4) is 0 Å². The molecule has 3 nitrogen and oxygen atoms in total. The second kappa shape index (κ2) is 6.53. The standard InChI is InChI=1S/C13H14Cl2O3/c14-10-4-1-3-9(13(10)15)11(16)5-6-12-17-7-2-8-18-12/h1,3-4,12H,2,5-8H2. The Balaban J connectivity index is 1.93. The summed E-state index contributed by atoms with van der Waals surface area (Å²) in [6, 6.07) is 5.06. The lowest BCUT2D eigenvalue weighted by Crippen LogP contribution is -2.25. The van der Waals surface area contributed by atoms with Gasteiger partial charge in [-0.05, 0) is 18.6 Å². The second-order valence-corrected chi connectivity index (χ2v) is 4.87. The highest BCUT2D eigenvalue weighted by Crippen LogP contribution is 2.27. The molecule has 18 heavy (non-hydrogen) atoms. The van der Waals surface area contributed by atoms with Crippen molar-refractivity contribution in [2.24, 2.45) is 0 Å². The lowest BCUT2D eigenvalue weighted by atomic mass is 10.1. The minimum Gasteiger partial charge on any atom is -0.353 e. The predicted molar refractivity (Wildman–Crippen MR) is 70.3 cm³/mol. The molecule has 1 fully saturated rings. The van der Waals surface area contributed by atoms with Crippen LogP contribution in [0, 0.1) is 0 Å².